The normalized spacial score (nSPS) is 11.8. The molecule has 0 saturated heterocycles. The Hall–Kier alpha value is -3.78. The van der Waals surface area contributed by atoms with Gasteiger partial charge in [-0.25, -0.2) is 14.6 Å². The lowest BCUT2D eigenvalue weighted by Gasteiger charge is -2.08. The van der Waals surface area contributed by atoms with E-state index in [0.717, 1.165) is 11.1 Å². The number of hydrogen-bond donors (Lipinski definition) is 2. The Morgan fingerprint density at radius 3 is 1.56 bits per heavy atom. The van der Waals surface area contributed by atoms with Crippen molar-refractivity contribution in [2.45, 2.75) is 20.4 Å². The molecule has 0 fully saturated rings. The molecule has 0 aliphatic carbocycles. The fraction of sp³-hybridized carbons (Fsp3) is 0.622. The molecule has 54 heavy (non-hydrogen) atoms. The number of esters is 1. The highest BCUT2D eigenvalue weighted by Gasteiger charge is 2.15. The van der Waals surface area contributed by atoms with Crippen LogP contribution >= 0.6 is 0 Å². The van der Waals surface area contributed by atoms with Gasteiger partial charge in [0.1, 0.15) is 17.9 Å². The van der Waals surface area contributed by atoms with Crippen LogP contribution in [0, 0.1) is 5.92 Å². The average molecular weight is 765 g/mol. The summed E-state index contributed by atoms with van der Waals surface area (Å²) in [7, 11) is 1.64. The number of methoxy groups -OCH3 is 1. The molecule has 17 heteroatoms. The fourth-order valence-corrected chi connectivity index (χ4v) is 4.66. The molecule has 0 saturated carbocycles. The van der Waals surface area contributed by atoms with Gasteiger partial charge in [-0.3, -0.25) is 14.3 Å². The molecule has 2 N–H and O–H groups in total. The maximum atomic E-state index is 12.3. The topological polar surface area (TPSA) is 193 Å². The molecule has 0 unspecified atom stereocenters. The number of fused-ring (bicyclic) bond motifs is 1. The Morgan fingerprint density at radius 1 is 0.667 bits per heavy atom. The number of nitrogens with zero attached hydrogens (tertiary/aromatic N) is 2. The predicted molar refractivity (Wildman–Crippen MR) is 200 cm³/mol. The first-order chi connectivity index (χ1) is 26.4. The summed E-state index contributed by atoms with van der Waals surface area (Å²) >= 11 is 0. The van der Waals surface area contributed by atoms with Gasteiger partial charge in [-0.15, -0.1) is 0 Å². The molecule has 3 aromatic rings. The van der Waals surface area contributed by atoms with Crippen LogP contribution in [0.25, 0.3) is 28.6 Å². The highest BCUT2D eigenvalue weighted by atomic mass is 16.6. The molecule has 0 radical (unpaired) electrons. The van der Waals surface area contributed by atoms with Crippen molar-refractivity contribution in [3.05, 3.63) is 56.7 Å². The first-order valence-electron chi connectivity index (χ1n) is 18.2. The van der Waals surface area contributed by atoms with Crippen LogP contribution in [0.2, 0.25) is 0 Å². The van der Waals surface area contributed by atoms with Gasteiger partial charge in [0, 0.05) is 25.3 Å². The minimum absolute atomic E-state index is 0.111. The Labute approximate surface area is 315 Å². The number of rotatable bonds is 32. The zero-order chi connectivity index (χ0) is 38.6. The molecule has 0 aliphatic rings. The molecule has 17 nitrogen and oxygen atoms in total. The van der Waals surface area contributed by atoms with E-state index in [1.807, 2.05) is 13.8 Å². The van der Waals surface area contributed by atoms with Crippen LogP contribution < -0.4 is 11.2 Å². The second-order valence-electron chi connectivity index (χ2n) is 12.1. The third-order valence-electron chi connectivity index (χ3n) is 7.28. The van der Waals surface area contributed by atoms with E-state index in [4.69, 9.17) is 47.4 Å². The lowest BCUT2D eigenvalue weighted by molar-refractivity contribution is -0.139. The molecule has 1 aromatic carbocycles. The van der Waals surface area contributed by atoms with E-state index >= 15 is 0 Å². The minimum Gasteiger partial charge on any atom is -0.460 e. The summed E-state index contributed by atoms with van der Waals surface area (Å²) in [5.41, 5.74) is 1.03. The third kappa shape index (κ3) is 18.5. The number of aromatic amines is 2. The van der Waals surface area contributed by atoms with Crippen LogP contribution in [-0.2, 0) is 58.7 Å². The summed E-state index contributed by atoms with van der Waals surface area (Å²) in [5, 5.41) is 0. The number of aromatic nitrogens is 4. The minimum atomic E-state index is -0.516. The van der Waals surface area contributed by atoms with Crippen LogP contribution in [0.4, 0.5) is 0 Å². The van der Waals surface area contributed by atoms with Gasteiger partial charge in [-0.1, -0.05) is 38.1 Å². The molecule has 0 atom stereocenters. The number of imidazole rings is 1. The molecule has 2 aromatic heterocycles. The molecule has 3 rings (SSSR count). The Morgan fingerprint density at radius 2 is 1.11 bits per heavy atom. The molecule has 0 spiro atoms. The molecule has 0 aliphatic heterocycles. The van der Waals surface area contributed by atoms with Crippen molar-refractivity contribution in [2.24, 2.45) is 5.92 Å². The largest absolute Gasteiger partial charge is 0.460 e. The number of carbonyl (C=O) groups is 1. The smallest absolute Gasteiger partial charge is 0.330 e. The van der Waals surface area contributed by atoms with E-state index in [0.29, 0.717) is 124 Å². The van der Waals surface area contributed by atoms with Gasteiger partial charge in [0.25, 0.3) is 5.56 Å². The summed E-state index contributed by atoms with van der Waals surface area (Å²) in [6.45, 7) is 12.5. The fourth-order valence-electron chi connectivity index (χ4n) is 4.66. The Bertz CT molecular complexity index is 1590. The summed E-state index contributed by atoms with van der Waals surface area (Å²) in [6.07, 6.45) is 2.97. The molecule has 302 valence electrons. The summed E-state index contributed by atoms with van der Waals surface area (Å²) in [5.74, 6) is 0.153. The number of ether oxygens (including phenoxy) is 10. The molecular formula is C37H56N4O13. The summed E-state index contributed by atoms with van der Waals surface area (Å²) in [4.78, 5) is 46.7. The molecular weight excluding hydrogens is 708 g/mol. The van der Waals surface area contributed by atoms with Crippen molar-refractivity contribution in [1.29, 1.82) is 0 Å². The van der Waals surface area contributed by atoms with Crippen molar-refractivity contribution in [1.82, 2.24) is 19.5 Å². The Kier molecular flexibility index (Phi) is 22.9. The molecule has 2 heterocycles. The van der Waals surface area contributed by atoms with Crippen molar-refractivity contribution in [3.8, 4) is 11.4 Å². The number of benzene rings is 1. The van der Waals surface area contributed by atoms with E-state index in [1.54, 1.807) is 37.5 Å². The van der Waals surface area contributed by atoms with E-state index < -0.39 is 17.2 Å². The zero-order valence-electron chi connectivity index (χ0n) is 31.7. The van der Waals surface area contributed by atoms with Gasteiger partial charge in [-0.05, 0) is 17.6 Å². The lowest BCUT2D eigenvalue weighted by Crippen LogP contribution is -2.31. The van der Waals surface area contributed by atoms with Gasteiger partial charge < -0.3 is 52.4 Å². The van der Waals surface area contributed by atoms with E-state index in [1.165, 1.54) is 10.6 Å². The van der Waals surface area contributed by atoms with E-state index in [-0.39, 0.29) is 24.6 Å². The highest BCUT2D eigenvalue weighted by Crippen LogP contribution is 2.20. The van der Waals surface area contributed by atoms with E-state index in [2.05, 4.69) is 15.0 Å². The van der Waals surface area contributed by atoms with Crippen molar-refractivity contribution >= 4 is 23.2 Å². The van der Waals surface area contributed by atoms with Crippen molar-refractivity contribution in [2.75, 3.05) is 126 Å². The monoisotopic (exact) mass is 764 g/mol. The highest BCUT2D eigenvalue weighted by molar-refractivity contribution is 5.87. The van der Waals surface area contributed by atoms with Crippen LogP contribution in [-0.4, -0.2) is 152 Å². The second-order valence-corrected chi connectivity index (χ2v) is 12.1. The van der Waals surface area contributed by atoms with Gasteiger partial charge in [-0.2, -0.15) is 0 Å². The van der Waals surface area contributed by atoms with Gasteiger partial charge in [0.2, 0.25) is 0 Å². The number of carbonyl (C=O) groups excluding carboxylic acids is 1. The number of hydrogen-bond acceptors (Lipinski definition) is 14. The molecule has 0 amide bonds. The Balaban J connectivity index is 1.11. The quantitative estimate of drug-likeness (QED) is 0.0533. The lowest BCUT2D eigenvalue weighted by atomic mass is 10.1. The van der Waals surface area contributed by atoms with Crippen LogP contribution in [0.15, 0.2) is 39.9 Å². The SMILES string of the molecule is COCCOCCOCCOCCOCCOCCOCCOCCOCCOC(=O)/C=C/c1ccc(-c2nc3c([nH]2)c(=O)[nH]c(=O)n3CC(C)C)cc1. The van der Waals surface area contributed by atoms with Crippen LogP contribution in [0.3, 0.4) is 0 Å². The number of H-pyrrole nitrogens is 2. The average Bonchev–Trinajstić information content (AvgIpc) is 3.62. The first kappa shape index (κ1) is 44.6. The molecule has 0 bridgehead atoms. The second kappa shape index (κ2) is 27.7. The van der Waals surface area contributed by atoms with Crippen molar-refractivity contribution in [3.63, 3.8) is 0 Å². The number of nitrogens with one attached hydrogen (secondary N) is 2. The van der Waals surface area contributed by atoms with Crippen LogP contribution in [0.1, 0.15) is 19.4 Å². The predicted octanol–water partition coefficient (Wildman–Crippen LogP) is 2.07. The van der Waals surface area contributed by atoms with Gasteiger partial charge in [0.05, 0.1) is 112 Å². The maximum Gasteiger partial charge on any atom is 0.330 e. The zero-order valence-corrected chi connectivity index (χ0v) is 31.7. The van der Waals surface area contributed by atoms with Gasteiger partial charge in [0.15, 0.2) is 5.65 Å². The summed E-state index contributed by atoms with van der Waals surface area (Å²) in [6, 6.07) is 7.23. The van der Waals surface area contributed by atoms with Crippen LogP contribution in [0.5, 0.6) is 0 Å². The van der Waals surface area contributed by atoms with E-state index in [9.17, 15) is 14.4 Å². The maximum absolute atomic E-state index is 12.3. The first-order valence-corrected chi connectivity index (χ1v) is 18.2. The standard InChI is InChI=1S/C37H56N4O13/c1-29(2)28-41-35-33(36(43)40-37(41)44)38-34(39-35)31-7-4-30(5-8-31)6-9-32(42)54-27-26-53-25-24-52-23-22-51-21-20-50-19-18-49-17-16-48-15-14-47-13-12-46-11-10-45-3/h4-9,29H,10-28H2,1-3H3,(H,38,39)(H,40,43,44)/b9-6+. The van der Waals surface area contributed by atoms with Gasteiger partial charge >= 0.3 is 11.7 Å². The third-order valence-corrected chi connectivity index (χ3v) is 7.28. The summed E-state index contributed by atoms with van der Waals surface area (Å²) < 4.78 is 55.0. The van der Waals surface area contributed by atoms with Crippen molar-refractivity contribution < 1.29 is 52.2 Å².